The molecule has 122 valence electrons. The predicted octanol–water partition coefficient (Wildman–Crippen LogP) is 2.07. The lowest BCUT2D eigenvalue weighted by Gasteiger charge is -2.36. The summed E-state index contributed by atoms with van der Waals surface area (Å²) < 4.78 is 12.8. The van der Waals surface area contributed by atoms with Crippen LogP contribution in [0.15, 0.2) is 24.3 Å². The van der Waals surface area contributed by atoms with E-state index in [4.69, 9.17) is 0 Å². The summed E-state index contributed by atoms with van der Waals surface area (Å²) in [5.74, 6) is -0.345. The second-order valence-corrected chi connectivity index (χ2v) is 5.89. The fourth-order valence-corrected chi connectivity index (χ4v) is 3.02. The van der Waals surface area contributed by atoms with Crippen molar-refractivity contribution >= 4 is 5.91 Å². The van der Waals surface area contributed by atoms with E-state index in [2.05, 4.69) is 5.32 Å². The van der Waals surface area contributed by atoms with E-state index < -0.39 is 0 Å². The molecule has 0 aromatic heterocycles. The fourth-order valence-electron chi connectivity index (χ4n) is 3.02. The van der Waals surface area contributed by atoms with Gasteiger partial charge >= 0.3 is 0 Å². The molecule has 1 saturated carbocycles. The van der Waals surface area contributed by atoms with Crippen LogP contribution in [-0.2, 0) is 11.3 Å². The molecule has 0 saturated heterocycles. The zero-order chi connectivity index (χ0) is 15.9. The average molecular weight is 308 g/mol. The van der Waals surface area contributed by atoms with Crippen molar-refractivity contribution in [2.75, 3.05) is 13.1 Å². The Hall–Kier alpha value is -1.46. The van der Waals surface area contributed by atoms with E-state index in [1.54, 1.807) is 12.1 Å². The van der Waals surface area contributed by atoms with Crippen molar-refractivity contribution in [2.24, 2.45) is 0 Å². The highest BCUT2D eigenvalue weighted by molar-refractivity contribution is 5.78. The first-order valence-electron chi connectivity index (χ1n) is 8.03. The maximum Gasteiger partial charge on any atom is 0.234 e. The van der Waals surface area contributed by atoms with Gasteiger partial charge in [0.05, 0.1) is 12.6 Å². The molecule has 1 amide bonds. The Bertz CT molecular complexity index is 478. The van der Waals surface area contributed by atoms with Crippen LogP contribution in [0, 0.1) is 5.82 Å². The third kappa shape index (κ3) is 4.78. The highest BCUT2D eigenvalue weighted by Gasteiger charge is 2.28. The highest BCUT2D eigenvalue weighted by Crippen LogP contribution is 2.22. The van der Waals surface area contributed by atoms with Crippen molar-refractivity contribution in [3.05, 3.63) is 35.6 Å². The molecule has 2 unspecified atom stereocenters. The molecule has 2 rings (SSSR count). The van der Waals surface area contributed by atoms with Gasteiger partial charge in [0.25, 0.3) is 0 Å². The second-order valence-electron chi connectivity index (χ2n) is 5.89. The summed E-state index contributed by atoms with van der Waals surface area (Å²) in [5, 5.41) is 13.0. The molecule has 0 spiro atoms. The topological polar surface area (TPSA) is 52.6 Å². The Labute approximate surface area is 131 Å². The third-order valence-electron chi connectivity index (χ3n) is 4.32. The van der Waals surface area contributed by atoms with Crippen molar-refractivity contribution in [1.82, 2.24) is 10.2 Å². The Morgan fingerprint density at radius 2 is 2.00 bits per heavy atom. The number of nitrogens with one attached hydrogen (secondary N) is 1. The molecule has 5 heteroatoms. The lowest BCUT2D eigenvalue weighted by molar-refractivity contribution is -0.123. The number of likely N-dealkylation sites (N-methyl/N-ethyl adjacent to an activating group) is 1. The number of aliphatic hydroxyl groups is 1. The van der Waals surface area contributed by atoms with Crippen LogP contribution >= 0.6 is 0 Å². The Balaban J connectivity index is 1.82. The minimum atomic E-state index is -0.335. The molecule has 0 aliphatic heterocycles. The first kappa shape index (κ1) is 16.9. The first-order valence-corrected chi connectivity index (χ1v) is 8.03. The van der Waals surface area contributed by atoms with E-state index in [1.165, 1.54) is 12.1 Å². The van der Waals surface area contributed by atoms with E-state index in [0.29, 0.717) is 13.1 Å². The number of amides is 1. The minimum Gasteiger partial charge on any atom is -0.391 e. The summed E-state index contributed by atoms with van der Waals surface area (Å²) in [4.78, 5) is 14.1. The van der Waals surface area contributed by atoms with Gasteiger partial charge in [-0.25, -0.2) is 4.39 Å². The maximum atomic E-state index is 12.8. The number of halogens is 1. The normalized spacial score (nSPS) is 21.8. The third-order valence-corrected chi connectivity index (χ3v) is 4.32. The lowest BCUT2D eigenvalue weighted by Crippen LogP contribution is -2.49. The number of hydrogen-bond acceptors (Lipinski definition) is 3. The molecule has 0 radical (unpaired) electrons. The van der Waals surface area contributed by atoms with E-state index in [-0.39, 0.29) is 23.9 Å². The van der Waals surface area contributed by atoms with Gasteiger partial charge in [0, 0.05) is 12.6 Å². The van der Waals surface area contributed by atoms with Gasteiger partial charge in [-0.05, 0) is 37.1 Å². The molecule has 0 bridgehead atoms. The van der Waals surface area contributed by atoms with Gasteiger partial charge < -0.3 is 10.4 Å². The molecule has 1 aromatic rings. The van der Waals surface area contributed by atoms with Gasteiger partial charge in [0.1, 0.15) is 5.82 Å². The van der Waals surface area contributed by atoms with Crippen molar-refractivity contribution in [2.45, 2.75) is 51.3 Å². The van der Waals surface area contributed by atoms with E-state index in [0.717, 1.165) is 37.8 Å². The number of benzene rings is 1. The van der Waals surface area contributed by atoms with Gasteiger partial charge in [-0.3, -0.25) is 9.69 Å². The standard InChI is InChI=1S/C17H25FN2O2/c1-2-20(15-5-3-4-6-16(15)21)12-17(22)19-11-13-7-9-14(18)10-8-13/h7-10,15-16,21H,2-6,11-12H2,1H3,(H,19,22). The summed E-state index contributed by atoms with van der Waals surface area (Å²) in [6.07, 6.45) is 3.60. The summed E-state index contributed by atoms with van der Waals surface area (Å²) in [6.45, 7) is 3.43. The van der Waals surface area contributed by atoms with Crippen LogP contribution in [0.5, 0.6) is 0 Å². The van der Waals surface area contributed by atoms with Crippen LogP contribution in [-0.4, -0.2) is 41.1 Å². The zero-order valence-corrected chi connectivity index (χ0v) is 13.1. The van der Waals surface area contributed by atoms with E-state index >= 15 is 0 Å². The van der Waals surface area contributed by atoms with Gasteiger partial charge in [0.15, 0.2) is 0 Å². The zero-order valence-electron chi connectivity index (χ0n) is 13.1. The molecule has 0 heterocycles. The van der Waals surface area contributed by atoms with Crippen LogP contribution in [0.4, 0.5) is 4.39 Å². The van der Waals surface area contributed by atoms with Gasteiger partial charge in [-0.2, -0.15) is 0 Å². The summed E-state index contributed by atoms with van der Waals surface area (Å²) in [6, 6.07) is 6.18. The number of carbonyl (C=O) groups excluding carboxylic acids is 1. The predicted molar refractivity (Wildman–Crippen MR) is 83.8 cm³/mol. The number of rotatable bonds is 6. The summed E-state index contributed by atoms with van der Waals surface area (Å²) in [7, 11) is 0. The molecule has 22 heavy (non-hydrogen) atoms. The van der Waals surface area contributed by atoms with Crippen LogP contribution in [0.3, 0.4) is 0 Å². The van der Waals surface area contributed by atoms with Crippen molar-refractivity contribution < 1.29 is 14.3 Å². The van der Waals surface area contributed by atoms with Gasteiger partial charge in [0.2, 0.25) is 5.91 Å². The molecular weight excluding hydrogens is 283 g/mol. The smallest absolute Gasteiger partial charge is 0.234 e. The molecule has 1 aliphatic carbocycles. The summed E-state index contributed by atoms with van der Waals surface area (Å²) in [5.41, 5.74) is 0.871. The van der Waals surface area contributed by atoms with E-state index in [9.17, 15) is 14.3 Å². The molecule has 1 aliphatic rings. The minimum absolute atomic E-state index is 0.0658. The van der Waals surface area contributed by atoms with Crippen LogP contribution in [0.2, 0.25) is 0 Å². The van der Waals surface area contributed by atoms with Crippen molar-refractivity contribution in [3.63, 3.8) is 0 Å². The van der Waals surface area contributed by atoms with Crippen molar-refractivity contribution in [3.8, 4) is 0 Å². The number of carbonyl (C=O) groups is 1. The first-order chi connectivity index (χ1) is 10.6. The van der Waals surface area contributed by atoms with Gasteiger partial charge in [-0.1, -0.05) is 31.9 Å². The highest BCUT2D eigenvalue weighted by atomic mass is 19.1. The fraction of sp³-hybridized carbons (Fsp3) is 0.588. The molecule has 4 nitrogen and oxygen atoms in total. The number of hydrogen-bond donors (Lipinski definition) is 2. The average Bonchev–Trinajstić information content (AvgIpc) is 2.53. The molecule has 2 atom stereocenters. The van der Waals surface area contributed by atoms with Crippen molar-refractivity contribution in [1.29, 1.82) is 0 Å². The van der Waals surface area contributed by atoms with Crippen LogP contribution < -0.4 is 5.32 Å². The number of nitrogens with zero attached hydrogens (tertiary/aromatic N) is 1. The van der Waals surface area contributed by atoms with Gasteiger partial charge in [-0.15, -0.1) is 0 Å². The molecular formula is C17H25FN2O2. The number of aliphatic hydroxyl groups excluding tert-OH is 1. The summed E-state index contributed by atoms with van der Waals surface area (Å²) >= 11 is 0. The quantitative estimate of drug-likeness (QED) is 0.846. The largest absolute Gasteiger partial charge is 0.391 e. The molecule has 1 aromatic carbocycles. The Morgan fingerprint density at radius 1 is 1.32 bits per heavy atom. The van der Waals surface area contributed by atoms with Crippen LogP contribution in [0.1, 0.15) is 38.2 Å². The van der Waals surface area contributed by atoms with E-state index in [1.807, 2.05) is 11.8 Å². The Kier molecular flexibility index (Phi) is 6.34. The van der Waals surface area contributed by atoms with Crippen LogP contribution in [0.25, 0.3) is 0 Å². The molecule has 1 fully saturated rings. The SMILES string of the molecule is CCN(CC(=O)NCc1ccc(F)cc1)C1CCCCC1O. The maximum absolute atomic E-state index is 12.8. The second kappa shape index (κ2) is 8.25. The molecule has 2 N–H and O–H groups in total. The Morgan fingerprint density at radius 3 is 2.64 bits per heavy atom. The lowest BCUT2D eigenvalue weighted by atomic mass is 9.91. The monoisotopic (exact) mass is 308 g/mol.